The molecule has 2 aromatic rings. The molecular formula is C35H53IN2O2. The number of likely N-dealkylation sites (tertiary alicyclic amines) is 2. The first-order chi connectivity index (χ1) is 18.5. The molecule has 0 radical (unpaired) electrons. The Labute approximate surface area is 261 Å². The highest BCUT2D eigenvalue weighted by molar-refractivity contribution is 5.86. The standard InChI is InChI=1S/C18H28NO.C17H25NO.HI/c1-14-9-8-10-15(2)17(14)13-18(20)16(3)19(4)11-6-5-7-12-19;1-13-8-7-9-14(2)16(13)12-17(19)15(3)18-10-5-4-6-11-18;/h8-10,16H,5-7,11-13H2,1-4H3;7-9,15H,4-6,10-12H2,1-3H3;1H/q+1;;/p-1. The average molecular weight is 661 g/mol. The van der Waals surface area contributed by atoms with Crippen LogP contribution in [0.15, 0.2) is 36.4 Å². The second-order valence-corrected chi connectivity index (χ2v) is 12.5. The Bertz CT molecular complexity index is 1080. The highest BCUT2D eigenvalue weighted by Crippen LogP contribution is 2.23. The van der Waals surface area contributed by atoms with Gasteiger partial charge in [-0.05, 0) is 120 Å². The zero-order chi connectivity index (χ0) is 28.6. The summed E-state index contributed by atoms with van der Waals surface area (Å²) in [6.45, 7) is 17.1. The normalized spacial score (nSPS) is 18.5. The Morgan fingerprint density at radius 2 is 1.10 bits per heavy atom. The van der Waals surface area contributed by atoms with E-state index in [-0.39, 0.29) is 36.1 Å². The molecule has 2 unspecified atom stereocenters. The minimum absolute atomic E-state index is 0. The number of quaternary nitrogens is 1. The number of likely N-dealkylation sites (N-methyl/N-ethyl adjacent to an activating group) is 1. The third-order valence-electron chi connectivity index (χ3n) is 9.63. The van der Waals surface area contributed by atoms with Crippen molar-refractivity contribution < 1.29 is 38.0 Å². The number of piperidine rings is 2. The number of halogens is 1. The molecule has 5 heteroatoms. The van der Waals surface area contributed by atoms with Crippen LogP contribution in [0.4, 0.5) is 0 Å². The van der Waals surface area contributed by atoms with Gasteiger partial charge in [-0.2, -0.15) is 0 Å². The average Bonchev–Trinajstić information content (AvgIpc) is 2.93. The van der Waals surface area contributed by atoms with Crippen LogP contribution in [0, 0.1) is 27.7 Å². The summed E-state index contributed by atoms with van der Waals surface area (Å²) >= 11 is 0. The van der Waals surface area contributed by atoms with E-state index in [1.165, 1.54) is 71.9 Å². The molecule has 2 atom stereocenters. The van der Waals surface area contributed by atoms with Gasteiger partial charge in [-0.15, -0.1) is 0 Å². The predicted octanol–water partition coefficient (Wildman–Crippen LogP) is 3.73. The first-order valence-corrected chi connectivity index (χ1v) is 15.3. The molecule has 4 rings (SSSR count). The van der Waals surface area contributed by atoms with E-state index < -0.39 is 0 Å². The van der Waals surface area contributed by atoms with E-state index >= 15 is 0 Å². The highest BCUT2D eigenvalue weighted by Gasteiger charge is 2.35. The third kappa shape index (κ3) is 9.22. The Balaban J connectivity index is 0.000000274. The van der Waals surface area contributed by atoms with E-state index in [4.69, 9.17) is 0 Å². The predicted molar refractivity (Wildman–Crippen MR) is 163 cm³/mol. The van der Waals surface area contributed by atoms with Gasteiger partial charge in [0.05, 0.1) is 26.2 Å². The van der Waals surface area contributed by atoms with Crippen molar-refractivity contribution in [3.8, 4) is 0 Å². The van der Waals surface area contributed by atoms with Gasteiger partial charge in [0, 0.05) is 12.8 Å². The molecule has 0 N–H and O–H groups in total. The molecule has 0 aliphatic carbocycles. The van der Waals surface area contributed by atoms with E-state index in [1.807, 2.05) is 0 Å². The van der Waals surface area contributed by atoms with Crippen LogP contribution in [0.1, 0.15) is 85.8 Å². The number of benzene rings is 2. The van der Waals surface area contributed by atoms with Crippen LogP contribution in [0.3, 0.4) is 0 Å². The summed E-state index contributed by atoms with van der Waals surface area (Å²) in [7, 11) is 2.26. The zero-order valence-electron chi connectivity index (χ0n) is 26.2. The lowest BCUT2D eigenvalue weighted by molar-refractivity contribution is -0.927. The number of Topliss-reactive ketones (excluding diaryl/α,β-unsaturated/α-hetero) is 2. The fourth-order valence-electron chi connectivity index (χ4n) is 6.38. The summed E-state index contributed by atoms with van der Waals surface area (Å²) in [5.74, 6) is 0.756. The maximum absolute atomic E-state index is 12.7. The van der Waals surface area contributed by atoms with Gasteiger partial charge in [0.25, 0.3) is 0 Å². The Morgan fingerprint density at radius 1 is 0.700 bits per heavy atom. The summed E-state index contributed by atoms with van der Waals surface area (Å²) in [4.78, 5) is 27.5. The molecule has 2 aliphatic heterocycles. The lowest BCUT2D eigenvalue weighted by Gasteiger charge is -2.42. The van der Waals surface area contributed by atoms with Crippen molar-refractivity contribution in [3.63, 3.8) is 0 Å². The first-order valence-electron chi connectivity index (χ1n) is 15.3. The van der Waals surface area contributed by atoms with Crippen LogP contribution in [0.5, 0.6) is 0 Å². The van der Waals surface area contributed by atoms with Gasteiger partial charge >= 0.3 is 0 Å². The lowest BCUT2D eigenvalue weighted by atomic mass is 9.94. The number of carbonyl (C=O) groups is 2. The summed E-state index contributed by atoms with van der Waals surface area (Å²) < 4.78 is 0.934. The number of carbonyl (C=O) groups excluding carboxylic acids is 2. The summed E-state index contributed by atoms with van der Waals surface area (Å²) in [5.41, 5.74) is 7.40. The van der Waals surface area contributed by atoms with Crippen molar-refractivity contribution in [1.29, 1.82) is 0 Å². The van der Waals surface area contributed by atoms with Crippen molar-refractivity contribution in [2.75, 3.05) is 33.2 Å². The van der Waals surface area contributed by atoms with Crippen LogP contribution in [-0.4, -0.2) is 66.3 Å². The van der Waals surface area contributed by atoms with Gasteiger partial charge in [0.15, 0.2) is 11.6 Å². The molecule has 2 aliphatic rings. The monoisotopic (exact) mass is 660 g/mol. The quantitative estimate of drug-likeness (QED) is 0.320. The molecule has 2 saturated heterocycles. The van der Waals surface area contributed by atoms with E-state index in [0.29, 0.717) is 24.4 Å². The molecule has 0 spiro atoms. The molecule has 0 aromatic heterocycles. The van der Waals surface area contributed by atoms with E-state index in [1.54, 1.807) is 0 Å². The first kappa shape index (κ1) is 34.6. The highest BCUT2D eigenvalue weighted by atomic mass is 127. The van der Waals surface area contributed by atoms with Gasteiger partial charge in [-0.25, -0.2) is 0 Å². The SMILES string of the molecule is Cc1cccc(C)c1CC(=O)C(C)N1CCCCC1.Cc1cccc(C)c1CC(=O)C(C)[N+]1(C)CCCCC1.[I-]. The molecule has 222 valence electrons. The van der Waals surface area contributed by atoms with Crippen LogP contribution in [0.2, 0.25) is 0 Å². The second kappa shape index (κ2) is 16.2. The fourth-order valence-corrected chi connectivity index (χ4v) is 6.38. The molecule has 0 bridgehead atoms. The molecule has 2 fully saturated rings. The minimum Gasteiger partial charge on any atom is -1.00 e. The second-order valence-electron chi connectivity index (χ2n) is 12.5. The van der Waals surface area contributed by atoms with Gasteiger partial charge in [-0.3, -0.25) is 14.5 Å². The van der Waals surface area contributed by atoms with Crippen molar-refractivity contribution in [3.05, 3.63) is 69.8 Å². The number of ketones is 2. The van der Waals surface area contributed by atoms with E-state index in [2.05, 4.69) is 89.9 Å². The van der Waals surface area contributed by atoms with E-state index in [9.17, 15) is 9.59 Å². The molecular weight excluding hydrogens is 607 g/mol. The molecule has 2 aromatic carbocycles. The van der Waals surface area contributed by atoms with Crippen molar-refractivity contribution in [1.82, 2.24) is 4.90 Å². The third-order valence-corrected chi connectivity index (χ3v) is 9.63. The van der Waals surface area contributed by atoms with E-state index in [0.717, 1.165) is 30.7 Å². The topological polar surface area (TPSA) is 37.4 Å². The minimum atomic E-state index is 0. The zero-order valence-corrected chi connectivity index (χ0v) is 28.4. The van der Waals surface area contributed by atoms with Gasteiger partial charge in [0.1, 0.15) is 6.04 Å². The summed E-state index contributed by atoms with van der Waals surface area (Å²) in [5, 5.41) is 0. The Morgan fingerprint density at radius 3 is 1.55 bits per heavy atom. The van der Waals surface area contributed by atoms with Crippen LogP contribution < -0.4 is 24.0 Å². The summed E-state index contributed by atoms with van der Waals surface area (Å²) in [6.07, 6.45) is 8.81. The van der Waals surface area contributed by atoms with Crippen LogP contribution in [0.25, 0.3) is 0 Å². The number of nitrogens with zero attached hydrogens (tertiary/aromatic N) is 2. The van der Waals surface area contributed by atoms with Gasteiger partial charge in [-0.1, -0.05) is 42.8 Å². The lowest BCUT2D eigenvalue weighted by Crippen LogP contribution is -3.00. The van der Waals surface area contributed by atoms with Crippen molar-refractivity contribution in [2.45, 2.75) is 105 Å². The van der Waals surface area contributed by atoms with Gasteiger partial charge in [0.2, 0.25) is 0 Å². The number of aryl methyl sites for hydroxylation is 4. The molecule has 0 amide bonds. The maximum Gasteiger partial charge on any atom is 0.193 e. The van der Waals surface area contributed by atoms with Crippen LogP contribution >= 0.6 is 0 Å². The van der Waals surface area contributed by atoms with Crippen molar-refractivity contribution in [2.24, 2.45) is 0 Å². The Hall–Kier alpha value is -1.57. The Kier molecular flexibility index (Phi) is 14.0. The fraction of sp³-hybridized carbons (Fsp3) is 0.600. The largest absolute Gasteiger partial charge is 1.00 e. The molecule has 0 saturated carbocycles. The number of rotatable bonds is 8. The van der Waals surface area contributed by atoms with Crippen molar-refractivity contribution >= 4 is 11.6 Å². The van der Waals surface area contributed by atoms with Gasteiger partial charge < -0.3 is 28.5 Å². The summed E-state index contributed by atoms with van der Waals surface area (Å²) in [6, 6.07) is 12.7. The number of hydrogen-bond donors (Lipinski definition) is 0. The molecule has 4 nitrogen and oxygen atoms in total. The smallest absolute Gasteiger partial charge is 0.193 e. The maximum atomic E-state index is 12.7. The van der Waals surface area contributed by atoms with Crippen LogP contribution in [-0.2, 0) is 22.4 Å². The molecule has 40 heavy (non-hydrogen) atoms. The number of hydrogen-bond acceptors (Lipinski definition) is 3. The molecule has 2 heterocycles.